The van der Waals surface area contributed by atoms with Crippen LogP contribution in [-0.2, 0) is 4.74 Å². The van der Waals surface area contributed by atoms with Gasteiger partial charge in [-0.15, -0.1) is 0 Å². The van der Waals surface area contributed by atoms with E-state index in [2.05, 4.69) is 24.3 Å². The second-order valence-electron chi connectivity index (χ2n) is 4.02. The van der Waals surface area contributed by atoms with Gasteiger partial charge in [-0.3, -0.25) is 0 Å². The largest absolute Gasteiger partial charge is 0.362 e. The Hall–Kier alpha value is -0.820. The molecular formula is C12H14O. The van der Waals surface area contributed by atoms with E-state index in [0.717, 1.165) is 0 Å². The van der Waals surface area contributed by atoms with E-state index in [1.165, 1.54) is 31.3 Å². The molecule has 1 fully saturated rings. The van der Waals surface area contributed by atoms with Crippen molar-refractivity contribution in [2.45, 2.75) is 37.9 Å². The quantitative estimate of drug-likeness (QED) is 0.548. The fourth-order valence-electron chi connectivity index (χ4n) is 2.57. The normalized spacial score (nSPS) is 36.3. The zero-order chi connectivity index (χ0) is 8.67. The Morgan fingerprint density at radius 3 is 3.23 bits per heavy atom. The van der Waals surface area contributed by atoms with Crippen LogP contribution in [0, 0.1) is 0 Å². The summed E-state index contributed by atoms with van der Waals surface area (Å²) in [4.78, 5) is 0. The SMILES string of the molecule is C1=CC2=C3CCCCC3OC2C=C1. The van der Waals surface area contributed by atoms with Crippen LogP contribution >= 0.6 is 0 Å². The van der Waals surface area contributed by atoms with Gasteiger partial charge in [0.2, 0.25) is 0 Å². The molecule has 2 aliphatic carbocycles. The predicted molar refractivity (Wildman–Crippen MR) is 52.4 cm³/mol. The Kier molecular flexibility index (Phi) is 1.66. The van der Waals surface area contributed by atoms with Crippen LogP contribution in [0.2, 0.25) is 0 Å². The van der Waals surface area contributed by atoms with Crippen molar-refractivity contribution in [3.63, 3.8) is 0 Å². The van der Waals surface area contributed by atoms with Crippen LogP contribution in [0.5, 0.6) is 0 Å². The van der Waals surface area contributed by atoms with Crippen LogP contribution in [-0.4, -0.2) is 12.2 Å². The van der Waals surface area contributed by atoms with Crippen LogP contribution in [0.3, 0.4) is 0 Å². The zero-order valence-corrected chi connectivity index (χ0v) is 7.70. The van der Waals surface area contributed by atoms with E-state index < -0.39 is 0 Å². The second-order valence-corrected chi connectivity index (χ2v) is 4.02. The molecule has 13 heavy (non-hydrogen) atoms. The highest BCUT2D eigenvalue weighted by atomic mass is 16.5. The molecule has 0 spiro atoms. The summed E-state index contributed by atoms with van der Waals surface area (Å²) in [6.45, 7) is 0. The summed E-state index contributed by atoms with van der Waals surface area (Å²) in [7, 11) is 0. The van der Waals surface area contributed by atoms with Crippen molar-refractivity contribution in [1.29, 1.82) is 0 Å². The third-order valence-electron chi connectivity index (χ3n) is 3.21. The molecule has 0 aromatic rings. The number of hydrogen-bond donors (Lipinski definition) is 0. The predicted octanol–water partition coefficient (Wildman–Crippen LogP) is 2.75. The lowest BCUT2D eigenvalue weighted by atomic mass is 9.88. The smallest absolute Gasteiger partial charge is 0.102 e. The molecule has 2 unspecified atom stereocenters. The molecule has 0 aromatic heterocycles. The van der Waals surface area contributed by atoms with Crippen LogP contribution < -0.4 is 0 Å². The maximum atomic E-state index is 5.96. The Labute approximate surface area is 78.8 Å². The van der Waals surface area contributed by atoms with Crippen LogP contribution in [0.4, 0.5) is 0 Å². The molecule has 3 rings (SSSR count). The van der Waals surface area contributed by atoms with Crippen LogP contribution in [0.15, 0.2) is 35.5 Å². The van der Waals surface area contributed by atoms with Gasteiger partial charge in [0.1, 0.15) is 6.10 Å². The first-order chi connectivity index (χ1) is 6.45. The van der Waals surface area contributed by atoms with Crippen molar-refractivity contribution in [2.24, 2.45) is 0 Å². The van der Waals surface area contributed by atoms with Crippen molar-refractivity contribution in [3.05, 3.63) is 35.5 Å². The minimum atomic E-state index is 0.281. The van der Waals surface area contributed by atoms with Gasteiger partial charge in [-0.25, -0.2) is 0 Å². The van der Waals surface area contributed by atoms with Crippen molar-refractivity contribution in [1.82, 2.24) is 0 Å². The summed E-state index contributed by atoms with van der Waals surface area (Å²) < 4.78 is 5.96. The van der Waals surface area contributed by atoms with Crippen molar-refractivity contribution < 1.29 is 4.74 Å². The van der Waals surface area contributed by atoms with Gasteiger partial charge in [-0.1, -0.05) is 30.7 Å². The van der Waals surface area contributed by atoms with Crippen LogP contribution in [0.25, 0.3) is 0 Å². The Morgan fingerprint density at radius 1 is 1.23 bits per heavy atom. The topological polar surface area (TPSA) is 9.23 Å². The van der Waals surface area contributed by atoms with Gasteiger partial charge in [-0.05, 0) is 30.4 Å². The summed E-state index contributed by atoms with van der Waals surface area (Å²) in [6.07, 6.45) is 14.5. The van der Waals surface area contributed by atoms with E-state index in [4.69, 9.17) is 4.74 Å². The molecule has 1 nitrogen and oxygen atoms in total. The third kappa shape index (κ3) is 1.11. The Balaban J connectivity index is 2.00. The van der Waals surface area contributed by atoms with E-state index in [1.807, 2.05) is 0 Å². The molecule has 0 bridgehead atoms. The molecular weight excluding hydrogens is 160 g/mol. The molecule has 1 saturated carbocycles. The molecule has 3 aliphatic rings. The molecule has 68 valence electrons. The highest BCUT2D eigenvalue weighted by Gasteiger charge is 2.33. The first-order valence-corrected chi connectivity index (χ1v) is 5.18. The minimum absolute atomic E-state index is 0.281. The molecule has 0 N–H and O–H groups in total. The first-order valence-electron chi connectivity index (χ1n) is 5.18. The van der Waals surface area contributed by atoms with Gasteiger partial charge in [-0.2, -0.15) is 0 Å². The van der Waals surface area contributed by atoms with Gasteiger partial charge in [0, 0.05) is 0 Å². The molecule has 0 saturated heterocycles. The number of allylic oxidation sites excluding steroid dienone is 2. The summed E-state index contributed by atoms with van der Waals surface area (Å²) >= 11 is 0. The highest BCUT2D eigenvalue weighted by molar-refractivity contribution is 5.43. The lowest BCUT2D eigenvalue weighted by molar-refractivity contribution is 0.0654. The Morgan fingerprint density at radius 2 is 2.23 bits per heavy atom. The van der Waals surface area contributed by atoms with Gasteiger partial charge in [0.05, 0.1) is 6.10 Å². The number of hydrogen-bond acceptors (Lipinski definition) is 1. The molecule has 0 radical (unpaired) electrons. The van der Waals surface area contributed by atoms with Gasteiger partial charge in [0.25, 0.3) is 0 Å². The lowest BCUT2D eigenvalue weighted by Gasteiger charge is -2.20. The summed E-state index contributed by atoms with van der Waals surface area (Å²) in [6, 6.07) is 0. The summed E-state index contributed by atoms with van der Waals surface area (Å²) in [5, 5.41) is 0. The van der Waals surface area contributed by atoms with E-state index in [0.29, 0.717) is 6.10 Å². The number of rotatable bonds is 0. The van der Waals surface area contributed by atoms with Gasteiger partial charge in [0.15, 0.2) is 0 Å². The summed E-state index contributed by atoms with van der Waals surface area (Å²) in [5.41, 5.74) is 3.03. The van der Waals surface area contributed by atoms with Gasteiger partial charge < -0.3 is 4.74 Å². The van der Waals surface area contributed by atoms with E-state index in [1.54, 1.807) is 5.57 Å². The van der Waals surface area contributed by atoms with Crippen molar-refractivity contribution in [3.8, 4) is 0 Å². The number of fused-ring (bicyclic) bond motifs is 2. The fourth-order valence-corrected chi connectivity index (χ4v) is 2.57. The van der Waals surface area contributed by atoms with E-state index >= 15 is 0 Å². The fraction of sp³-hybridized carbons (Fsp3) is 0.500. The monoisotopic (exact) mass is 174 g/mol. The van der Waals surface area contributed by atoms with Gasteiger partial charge >= 0.3 is 0 Å². The average Bonchev–Trinajstić information content (AvgIpc) is 2.56. The summed E-state index contributed by atoms with van der Waals surface area (Å²) in [5.74, 6) is 0. The van der Waals surface area contributed by atoms with Crippen LogP contribution in [0.1, 0.15) is 25.7 Å². The zero-order valence-electron chi connectivity index (χ0n) is 7.70. The molecule has 2 atom stereocenters. The third-order valence-corrected chi connectivity index (χ3v) is 3.21. The van der Waals surface area contributed by atoms with Crippen molar-refractivity contribution in [2.75, 3.05) is 0 Å². The standard InChI is InChI=1S/C12H14O/c1-3-7-11-9(5-1)10-6-2-4-8-12(10)13-11/h1,3,5,7,11-12H,2,4,6,8H2. The molecule has 1 heterocycles. The second kappa shape index (κ2) is 2.85. The lowest BCUT2D eigenvalue weighted by Crippen LogP contribution is -2.16. The minimum Gasteiger partial charge on any atom is -0.362 e. The molecule has 1 heteroatoms. The Bertz CT molecular complexity index is 309. The molecule has 1 aliphatic heterocycles. The highest BCUT2D eigenvalue weighted by Crippen LogP contribution is 2.39. The maximum absolute atomic E-state index is 5.96. The maximum Gasteiger partial charge on any atom is 0.102 e. The van der Waals surface area contributed by atoms with E-state index in [9.17, 15) is 0 Å². The average molecular weight is 174 g/mol. The van der Waals surface area contributed by atoms with E-state index in [-0.39, 0.29) is 6.10 Å². The number of ether oxygens (including phenoxy) is 1. The first kappa shape index (κ1) is 7.57. The molecule has 0 amide bonds. The molecule has 0 aromatic carbocycles. The van der Waals surface area contributed by atoms with Crippen molar-refractivity contribution >= 4 is 0 Å².